The molecule has 42 heavy (non-hydrogen) atoms. The number of ether oxygens (including phenoxy) is 1. The van der Waals surface area contributed by atoms with Crippen molar-refractivity contribution >= 4 is 33.0 Å². The molecule has 0 saturated heterocycles. The number of rotatable bonds is 11. The second-order valence-corrected chi connectivity index (χ2v) is 13.6. The van der Waals surface area contributed by atoms with Gasteiger partial charge in [-0.15, -0.1) is 11.3 Å². The van der Waals surface area contributed by atoms with Crippen LogP contribution in [-0.4, -0.2) is 47.5 Å². The predicted molar refractivity (Wildman–Crippen MR) is 164 cm³/mol. The summed E-state index contributed by atoms with van der Waals surface area (Å²) in [6, 6.07) is 15.7. The highest BCUT2D eigenvalue weighted by Crippen LogP contribution is 2.36. The first-order chi connectivity index (χ1) is 19.8. The van der Waals surface area contributed by atoms with E-state index in [1.807, 2.05) is 38.1 Å². The van der Waals surface area contributed by atoms with Crippen molar-refractivity contribution in [3.63, 3.8) is 0 Å². The van der Waals surface area contributed by atoms with E-state index in [0.717, 1.165) is 5.56 Å². The molecule has 0 aliphatic rings. The van der Waals surface area contributed by atoms with E-state index in [2.05, 4.69) is 25.3 Å². The average Bonchev–Trinajstić information content (AvgIpc) is 3.41. The lowest BCUT2D eigenvalue weighted by Gasteiger charge is -2.22. The van der Waals surface area contributed by atoms with Gasteiger partial charge in [0.15, 0.2) is 0 Å². The molecule has 4 rings (SSSR count). The monoisotopic (exact) mass is 609 g/mol. The summed E-state index contributed by atoms with van der Waals surface area (Å²) in [5.74, 6) is -0.283. The normalized spacial score (nSPS) is 12.7. The first kappa shape index (κ1) is 31.3. The molecule has 10 nitrogen and oxygen atoms in total. The Kier molecular flexibility index (Phi) is 9.74. The lowest BCUT2D eigenvalue weighted by molar-refractivity contribution is -0.105. The van der Waals surface area contributed by atoms with Crippen LogP contribution in [0.25, 0.3) is 21.0 Å². The molecule has 0 aliphatic heterocycles. The van der Waals surface area contributed by atoms with E-state index in [4.69, 9.17) is 4.74 Å². The molecule has 1 amide bonds. The summed E-state index contributed by atoms with van der Waals surface area (Å²) in [5, 5.41) is 16.4. The summed E-state index contributed by atoms with van der Waals surface area (Å²) >= 11 is 1.36. The van der Waals surface area contributed by atoms with Crippen LogP contribution < -0.4 is 15.4 Å². The number of pyridine rings is 1. The molecule has 0 bridgehead atoms. The van der Waals surface area contributed by atoms with E-state index < -0.39 is 22.0 Å². The highest BCUT2D eigenvalue weighted by atomic mass is 32.2. The van der Waals surface area contributed by atoms with Crippen LogP contribution in [0.3, 0.4) is 0 Å². The molecular formula is C30H35N5O5S2. The van der Waals surface area contributed by atoms with E-state index in [9.17, 15) is 18.3 Å². The quantitative estimate of drug-likeness (QED) is 0.174. The summed E-state index contributed by atoms with van der Waals surface area (Å²) in [5.41, 5.74) is 2.41. The first-order valence-corrected chi connectivity index (χ1v) is 15.6. The number of aliphatic hydroxyl groups is 1. The molecule has 0 fully saturated rings. The number of carbonyl (C=O) groups excluding carboxylic acids is 1. The number of carbonyl (C=O) groups is 1. The number of sulfonamides is 1. The fraction of sp³-hybridized carbons (Fsp3) is 0.300. The zero-order chi connectivity index (χ0) is 30.5. The van der Waals surface area contributed by atoms with Crippen LogP contribution in [0, 0.1) is 0 Å². The highest BCUT2D eigenvalue weighted by molar-refractivity contribution is 7.89. The SMILES string of the molecule is CC(C)OC(O)Nc1ccc(-c2ncc(-c3ccc(CNC(=O)c4ccncc4)cc3S(=O)(=O)NC(C)(C)C)s2)cc1. The molecule has 1 unspecified atom stereocenters. The molecule has 1 atom stereocenters. The van der Waals surface area contributed by atoms with Gasteiger partial charge in [-0.2, -0.15) is 0 Å². The third kappa shape index (κ3) is 8.43. The van der Waals surface area contributed by atoms with E-state index in [-0.39, 0.29) is 23.5 Å². The van der Waals surface area contributed by atoms with Crippen molar-refractivity contribution in [2.24, 2.45) is 0 Å². The molecule has 4 aromatic rings. The number of thiazole rings is 1. The highest BCUT2D eigenvalue weighted by Gasteiger charge is 2.26. The van der Waals surface area contributed by atoms with Gasteiger partial charge >= 0.3 is 0 Å². The van der Waals surface area contributed by atoms with Gasteiger partial charge in [-0.3, -0.25) is 9.78 Å². The van der Waals surface area contributed by atoms with Crippen LogP contribution in [0.1, 0.15) is 50.5 Å². The number of aliphatic hydroxyl groups excluding tert-OH is 1. The number of nitrogens with zero attached hydrogens (tertiary/aromatic N) is 2. The summed E-state index contributed by atoms with van der Waals surface area (Å²) < 4.78 is 35.2. The lowest BCUT2D eigenvalue weighted by atomic mass is 10.1. The number of anilines is 1. The zero-order valence-corrected chi connectivity index (χ0v) is 25.7. The summed E-state index contributed by atoms with van der Waals surface area (Å²) in [6.45, 7) is 9.14. The Morgan fingerprint density at radius 3 is 2.38 bits per heavy atom. The minimum absolute atomic E-state index is 0.0990. The number of hydrogen-bond acceptors (Lipinski definition) is 9. The van der Waals surface area contributed by atoms with Crippen molar-refractivity contribution in [2.45, 2.75) is 64.1 Å². The van der Waals surface area contributed by atoms with Crippen LogP contribution in [-0.2, 0) is 21.3 Å². The number of hydrogen-bond donors (Lipinski definition) is 4. The fourth-order valence-corrected chi connectivity index (χ4v) is 6.74. The minimum atomic E-state index is -3.93. The maximum Gasteiger partial charge on any atom is 0.251 e. The van der Waals surface area contributed by atoms with Crippen molar-refractivity contribution in [3.8, 4) is 21.0 Å². The minimum Gasteiger partial charge on any atom is -0.351 e. The molecule has 0 spiro atoms. The molecule has 2 aromatic carbocycles. The lowest BCUT2D eigenvalue weighted by Crippen LogP contribution is -2.40. The fourth-order valence-electron chi connectivity index (χ4n) is 4.02. The van der Waals surface area contributed by atoms with Crippen LogP contribution >= 0.6 is 11.3 Å². The maximum absolute atomic E-state index is 13.6. The summed E-state index contributed by atoms with van der Waals surface area (Å²) in [6.07, 6.45) is 3.47. The average molecular weight is 610 g/mol. The van der Waals surface area contributed by atoms with E-state index >= 15 is 0 Å². The molecular weight excluding hydrogens is 574 g/mol. The molecule has 0 saturated carbocycles. The third-order valence-electron chi connectivity index (χ3n) is 5.77. The molecule has 222 valence electrons. The van der Waals surface area contributed by atoms with Crippen molar-refractivity contribution in [1.82, 2.24) is 20.0 Å². The number of amides is 1. The smallest absolute Gasteiger partial charge is 0.251 e. The summed E-state index contributed by atoms with van der Waals surface area (Å²) in [4.78, 5) is 21.8. The Balaban J connectivity index is 1.60. The first-order valence-electron chi connectivity index (χ1n) is 13.3. The van der Waals surface area contributed by atoms with Gasteiger partial charge in [0, 0.05) is 53.1 Å². The van der Waals surface area contributed by atoms with Crippen LogP contribution in [0.15, 0.2) is 78.1 Å². The molecule has 0 aliphatic carbocycles. The molecule has 2 heterocycles. The predicted octanol–water partition coefficient (Wildman–Crippen LogP) is 4.99. The Morgan fingerprint density at radius 1 is 1.05 bits per heavy atom. The number of aromatic nitrogens is 2. The van der Waals surface area contributed by atoms with Gasteiger partial charge in [-0.1, -0.05) is 12.1 Å². The third-order valence-corrected chi connectivity index (χ3v) is 8.64. The standard InChI is InChI=1S/C30H35N5O5S2/c1-19(2)40-29(37)34-23-9-7-22(8-10-23)28-33-18-25(41-28)24-11-6-20(16-26(24)42(38,39)35-30(3,4)5)17-32-27(36)21-12-14-31-15-13-21/h6-16,18-19,29,34-35,37H,17H2,1-5H3,(H,32,36). The van der Waals surface area contributed by atoms with Gasteiger partial charge in [0.05, 0.1) is 15.9 Å². The second kappa shape index (κ2) is 13.1. The van der Waals surface area contributed by atoms with Crippen LogP contribution in [0.2, 0.25) is 0 Å². The largest absolute Gasteiger partial charge is 0.351 e. The van der Waals surface area contributed by atoms with Gasteiger partial charge in [0.25, 0.3) is 5.91 Å². The van der Waals surface area contributed by atoms with Crippen LogP contribution in [0.4, 0.5) is 5.69 Å². The number of benzene rings is 2. The Hall–Kier alpha value is -3.68. The van der Waals surface area contributed by atoms with Gasteiger partial charge in [0.2, 0.25) is 16.4 Å². The Labute approximate surface area is 250 Å². The molecule has 0 radical (unpaired) electrons. The van der Waals surface area contributed by atoms with Gasteiger partial charge in [-0.25, -0.2) is 18.1 Å². The Morgan fingerprint density at radius 2 is 1.74 bits per heavy atom. The van der Waals surface area contributed by atoms with E-state index in [1.165, 1.54) is 23.7 Å². The summed E-state index contributed by atoms with van der Waals surface area (Å²) in [7, 11) is -3.93. The molecule has 12 heteroatoms. The van der Waals surface area contributed by atoms with Crippen molar-refractivity contribution in [1.29, 1.82) is 0 Å². The second-order valence-electron chi connectivity index (χ2n) is 10.9. The van der Waals surface area contributed by atoms with E-state index in [0.29, 0.717) is 32.3 Å². The Bertz CT molecular complexity index is 1620. The van der Waals surface area contributed by atoms with Crippen molar-refractivity contribution in [2.75, 3.05) is 5.32 Å². The van der Waals surface area contributed by atoms with Gasteiger partial charge in [-0.05, 0) is 82.6 Å². The molecule has 2 aromatic heterocycles. The van der Waals surface area contributed by atoms with Crippen LogP contribution in [0.5, 0.6) is 0 Å². The zero-order valence-electron chi connectivity index (χ0n) is 24.1. The maximum atomic E-state index is 13.6. The topological polar surface area (TPSA) is 143 Å². The van der Waals surface area contributed by atoms with Crippen molar-refractivity contribution in [3.05, 3.63) is 84.3 Å². The van der Waals surface area contributed by atoms with Crippen molar-refractivity contribution < 1.29 is 23.1 Å². The molecule has 4 N–H and O–H groups in total. The van der Waals surface area contributed by atoms with E-state index in [1.54, 1.807) is 57.3 Å². The number of nitrogens with one attached hydrogen (secondary N) is 3. The van der Waals surface area contributed by atoms with Gasteiger partial charge in [0.1, 0.15) is 5.01 Å². The van der Waals surface area contributed by atoms with Gasteiger partial charge < -0.3 is 20.5 Å².